The molecule has 2 aromatic heterocycles. The van der Waals surface area contributed by atoms with Gasteiger partial charge < -0.3 is 5.32 Å². The van der Waals surface area contributed by atoms with E-state index in [2.05, 4.69) is 20.4 Å². The Hall–Kier alpha value is -2.12. The van der Waals surface area contributed by atoms with Crippen LogP contribution in [0, 0.1) is 13.8 Å². The SMILES string of the molecule is CC[C@@H](C)NC(=O)CSc1nc2nc(C)c(Cc3ccccc3Cl)c(C)n2n1. The molecule has 8 heteroatoms. The number of hydrogen-bond acceptors (Lipinski definition) is 5. The number of carbonyl (C=O) groups excluding carboxylic acids is 1. The first-order valence-corrected chi connectivity index (χ1v) is 10.6. The second kappa shape index (κ2) is 8.92. The first-order chi connectivity index (χ1) is 13.4. The molecule has 1 atom stereocenters. The third-order valence-electron chi connectivity index (χ3n) is 4.71. The molecule has 0 aliphatic carbocycles. The van der Waals surface area contributed by atoms with Crippen molar-refractivity contribution >= 4 is 35.0 Å². The molecule has 0 aliphatic heterocycles. The lowest BCUT2D eigenvalue weighted by Gasteiger charge is -2.11. The number of aryl methyl sites for hydroxylation is 2. The maximum absolute atomic E-state index is 12.0. The van der Waals surface area contributed by atoms with Gasteiger partial charge in [-0.15, -0.1) is 5.10 Å². The number of nitrogens with one attached hydrogen (secondary N) is 1. The lowest BCUT2D eigenvalue weighted by Crippen LogP contribution is -2.33. The highest BCUT2D eigenvalue weighted by Crippen LogP contribution is 2.23. The van der Waals surface area contributed by atoms with Crippen molar-refractivity contribution in [1.82, 2.24) is 24.9 Å². The number of aromatic nitrogens is 4. The highest BCUT2D eigenvalue weighted by atomic mass is 35.5. The van der Waals surface area contributed by atoms with Crippen LogP contribution in [-0.2, 0) is 11.2 Å². The molecule has 28 heavy (non-hydrogen) atoms. The highest BCUT2D eigenvalue weighted by Gasteiger charge is 2.16. The Balaban J connectivity index is 1.81. The summed E-state index contributed by atoms with van der Waals surface area (Å²) in [7, 11) is 0. The van der Waals surface area contributed by atoms with E-state index in [1.807, 2.05) is 52.0 Å². The Labute approximate surface area is 174 Å². The predicted molar refractivity (Wildman–Crippen MR) is 113 cm³/mol. The minimum atomic E-state index is -0.0153. The molecule has 1 aromatic carbocycles. The molecular formula is C20H24ClN5OS. The molecule has 0 unspecified atom stereocenters. The summed E-state index contributed by atoms with van der Waals surface area (Å²) >= 11 is 7.64. The van der Waals surface area contributed by atoms with Crippen molar-refractivity contribution in [3.8, 4) is 0 Å². The molecule has 1 amide bonds. The van der Waals surface area contributed by atoms with Crippen LogP contribution in [0.1, 0.15) is 42.8 Å². The van der Waals surface area contributed by atoms with E-state index in [4.69, 9.17) is 11.6 Å². The smallest absolute Gasteiger partial charge is 0.253 e. The lowest BCUT2D eigenvalue weighted by atomic mass is 10.0. The van der Waals surface area contributed by atoms with Crippen molar-refractivity contribution in [2.45, 2.75) is 51.7 Å². The van der Waals surface area contributed by atoms with Crippen molar-refractivity contribution in [3.63, 3.8) is 0 Å². The van der Waals surface area contributed by atoms with Gasteiger partial charge in [-0.3, -0.25) is 4.79 Å². The zero-order valence-electron chi connectivity index (χ0n) is 16.5. The number of rotatable bonds is 7. The second-order valence-electron chi connectivity index (χ2n) is 6.80. The van der Waals surface area contributed by atoms with Crippen molar-refractivity contribution in [3.05, 3.63) is 51.8 Å². The van der Waals surface area contributed by atoms with E-state index >= 15 is 0 Å². The lowest BCUT2D eigenvalue weighted by molar-refractivity contribution is -0.119. The molecule has 3 rings (SSSR count). The Morgan fingerprint density at radius 3 is 2.75 bits per heavy atom. The summed E-state index contributed by atoms with van der Waals surface area (Å²) in [5.74, 6) is 0.812. The normalized spacial score (nSPS) is 12.3. The molecule has 0 saturated heterocycles. The molecule has 0 radical (unpaired) electrons. The van der Waals surface area contributed by atoms with Crippen LogP contribution in [0.2, 0.25) is 5.02 Å². The zero-order valence-corrected chi connectivity index (χ0v) is 18.1. The number of halogens is 1. The molecule has 1 N–H and O–H groups in total. The average molecular weight is 418 g/mol. The third-order valence-corrected chi connectivity index (χ3v) is 5.91. The van der Waals surface area contributed by atoms with E-state index in [1.54, 1.807) is 4.52 Å². The summed E-state index contributed by atoms with van der Waals surface area (Å²) < 4.78 is 1.74. The first-order valence-electron chi connectivity index (χ1n) is 9.27. The summed E-state index contributed by atoms with van der Waals surface area (Å²) in [6.07, 6.45) is 1.58. The number of nitrogens with zero attached hydrogens (tertiary/aromatic N) is 4. The second-order valence-corrected chi connectivity index (χ2v) is 8.15. The standard InChI is InChI=1S/C20H24ClN5OS/c1-5-12(2)22-18(27)11-28-20-24-19-23-13(3)16(14(4)26(19)25-20)10-15-8-6-7-9-17(15)21/h6-9,12H,5,10-11H2,1-4H3,(H,22,27)/t12-/m1/s1. The number of fused-ring (bicyclic) bond motifs is 1. The molecular weight excluding hydrogens is 394 g/mol. The van der Waals surface area contributed by atoms with Crippen molar-refractivity contribution in [2.24, 2.45) is 0 Å². The Kier molecular flexibility index (Phi) is 6.57. The van der Waals surface area contributed by atoms with Crippen LogP contribution in [0.15, 0.2) is 29.4 Å². The van der Waals surface area contributed by atoms with Gasteiger partial charge in [0.25, 0.3) is 5.78 Å². The Bertz CT molecular complexity index is 1000. The summed E-state index contributed by atoms with van der Waals surface area (Å²) in [5, 5.41) is 8.77. The molecule has 6 nitrogen and oxygen atoms in total. The maximum Gasteiger partial charge on any atom is 0.253 e. The van der Waals surface area contributed by atoms with Gasteiger partial charge in [-0.1, -0.05) is 48.5 Å². The van der Waals surface area contributed by atoms with Crippen LogP contribution >= 0.6 is 23.4 Å². The fourth-order valence-corrected chi connectivity index (χ4v) is 3.72. The first kappa shape index (κ1) is 20.6. The predicted octanol–water partition coefficient (Wildman–Crippen LogP) is 3.99. The highest BCUT2D eigenvalue weighted by molar-refractivity contribution is 7.99. The van der Waals surface area contributed by atoms with E-state index in [0.717, 1.165) is 34.0 Å². The van der Waals surface area contributed by atoms with E-state index in [9.17, 15) is 4.79 Å². The van der Waals surface area contributed by atoms with Crippen LogP contribution in [0.25, 0.3) is 5.78 Å². The van der Waals surface area contributed by atoms with Gasteiger partial charge in [0.2, 0.25) is 11.1 Å². The van der Waals surface area contributed by atoms with Gasteiger partial charge in [0, 0.05) is 28.9 Å². The summed E-state index contributed by atoms with van der Waals surface area (Å²) in [6, 6.07) is 7.98. The fourth-order valence-electron chi connectivity index (χ4n) is 2.89. The van der Waals surface area contributed by atoms with Gasteiger partial charge in [-0.25, -0.2) is 9.50 Å². The summed E-state index contributed by atoms with van der Waals surface area (Å²) in [6.45, 7) is 8.01. The molecule has 0 fully saturated rings. The van der Waals surface area contributed by atoms with E-state index < -0.39 is 0 Å². The van der Waals surface area contributed by atoms with Crippen molar-refractivity contribution < 1.29 is 4.79 Å². The summed E-state index contributed by atoms with van der Waals surface area (Å²) in [4.78, 5) is 21.1. The molecule has 3 aromatic rings. The molecule has 2 heterocycles. The van der Waals surface area contributed by atoms with Gasteiger partial charge >= 0.3 is 0 Å². The fraction of sp³-hybridized carbons (Fsp3) is 0.400. The maximum atomic E-state index is 12.0. The minimum Gasteiger partial charge on any atom is -0.353 e. The van der Waals surface area contributed by atoms with Gasteiger partial charge in [0.1, 0.15) is 0 Å². The number of hydrogen-bond donors (Lipinski definition) is 1. The number of thioether (sulfide) groups is 1. The third kappa shape index (κ3) is 4.64. The number of benzene rings is 1. The van der Waals surface area contributed by atoms with E-state index in [0.29, 0.717) is 17.4 Å². The van der Waals surface area contributed by atoms with Crippen molar-refractivity contribution in [1.29, 1.82) is 0 Å². The van der Waals surface area contributed by atoms with E-state index in [1.165, 1.54) is 11.8 Å². The minimum absolute atomic E-state index is 0.0153. The monoisotopic (exact) mass is 417 g/mol. The molecule has 0 saturated carbocycles. The summed E-state index contributed by atoms with van der Waals surface area (Å²) in [5.41, 5.74) is 4.01. The van der Waals surface area contributed by atoms with Gasteiger partial charge in [-0.2, -0.15) is 4.98 Å². The zero-order chi connectivity index (χ0) is 20.3. The number of amides is 1. The molecule has 0 aliphatic rings. The largest absolute Gasteiger partial charge is 0.353 e. The van der Waals surface area contributed by atoms with Crippen LogP contribution in [0.5, 0.6) is 0 Å². The molecule has 0 spiro atoms. The van der Waals surface area contributed by atoms with Gasteiger partial charge in [0.05, 0.1) is 5.75 Å². The van der Waals surface area contributed by atoms with Gasteiger partial charge in [0.15, 0.2) is 0 Å². The Morgan fingerprint density at radius 1 is 1.29 bits per heavy atom. The molecule has 0 bridgehead atoms. The van der Waals surface area contributed by atoms with Crippen LogP contribution in [0.4, 0.5) is 0 Å². The Morgan fingerprint density at radius 2 is 2.04 bits per heavy atom. The van der Waals surface area contributed by atoms with Crippen LogP contribution in [-0.4, -0.2) is 37.3 Å². The van der Waals surface area contributed by atoms with Crippen LogP contribution in [0.3, 0.4) is 0 Å². The van der Waals surface area contributed by atoms with Crippen LogP contribution < -0.4 is 5.32 Å². The molecule has 148 valence electrons. The number of carbonyl (C=O) groups is 1. The van der Waals surface area contributed by atoms with Gasteiger partial charge in [-0.05, 0) is 44.4 Å². The quantitative estimate of drug-likeness (QED) is 0.588. The van der Waals surface area contributed by atoms with Crippen molar-refractivity contribution in [2.75, 3.05) is 5.75 Å². The topological polar surface area (TPSA) is 72.2 Å². The average Bonchev–Trinajstić information content (AvgIpc) is 3.07. The van der Waals surface area contributed by atoms with E-state index in [-0.39, 0.29) is 17.7 Å².